The van der Waals surface area contributed by atoms with Crippen LogP contribution >= 0.6 is 39.3 Å². The Morgan fingerprint density at radius 2 is 2.11 bits per heavy atom. The average Bonchev–Trinajstić information content (AvgIpc) is 3.03. The van der Waals surface area contributed by atoms with Crippen LogP contribution in [0.25, 0.3) is 11.4 Å². The second-order valence-corrected chi connectivity index (χ2v) is 7.93. The highest BCUT2D eigenvalue weighted by molar-refractivity contribution is 9.10. The van der Waals surface area contributed by atoms with Crippen LogP contribution in [0.1, 0.15) is 12.0 Å². The minimum atomic E-state index is -0.178. The molecule has 0 radical (unpaired) electrons. The number of nitrogens with two attached hydrogens (primary N) is 1. The van der Waals surface area contributed by atoms with E-state index in [0.29, 0.717) is 33.0 Å². The number of carbonyl (C=O) groups excluding carboxylic acids is 1. The molecule has 1 heterocycles. The monoisotopic (exact) mass is 476 g/mol. The summed E-state index contributed by atoms with van der Waals surface area (Å²) < 4.78 is 2.27. The number of rotatable bonds is 6. The molecule has 0 fully saturated rings. The van der Waals surface area contributed by atoms with Gasteiger partial charge < -0.3 is 11.2 Å². The Morgan fingerprint density at radius 3 is 2.82 bits per heavy atom. The molecule has 2 aromatic carbocycles. The van der Waals surface area contributed by atoms with Gasteiger partial charge in [-0.3, -0.25) is 4.79 Å². The Morgan fingerprint density at radius 1 is 1.32 bits per heavy atom. The van der Waals surface area contributed by atoms with Crippen molar-refractivity contribution < 1.29 is 4.79 Å². The van der Waals surface area contributed by atoms with E-state index in [1.165, 1.54) is 16.4 Å². The van der Waals surface area contributed by atoms with E-state index >= 15 is 0 Å². The number of carbonyl (C=O) groups is 1. The van der Waals surface area contributed by atoms with Crippen molar-refractivity contribution in [2.24, 2.45) is 0 Å². The first-order valence-electron chi connectivity index (χ1n) is 8.07. The van der Waals surface area contributed by atoms with Gasteiger partial charge in [0, 0.05) is 27.9 Å². The Bertz CT molecular complexity index is 1060. The summed E-state index contributed by atoms with van der Waals surface area (Å²) in [5, 5.41) is 20.7. The minimum Gasteiger partial charge on any atom is -0.335 e. The number of nitrogens with one attached hydrogen (secondary N) is 1. The molecule has 3 N–H and O–H groups in total. The third-order valence-corrected chi connectivity index (χ3v) is 5.66. The van der Waals surface area contributed by atoms with Crippen LogP contribution in [-0.2, 0) is 4.79 Å². The third kappa shape index (κ3) is 4.65. The zero-order valence-electron chi connectivity index (χ0n) is 14.4. The molecule has 0 atom stereocenters. The molecule has 0 aliphatic carbocycles. The maximum atomic E-state index is 12.1. The highest BCUT2D eigenvalue weighted by Gasteiger charge is 2.15. The smallest absolute Gasteiger partial charge is 0.225 e. The second-order valence-electron chi connectivity index (χ2n) is 5.61. The topological polar surface area (TPSA) is 110 Å². The molecule has 3 rings (SSSR count). The lowest BCUT2D eigenvalue weighted by atomic mass is 10.2. The van der Waals surface area contributed by atoms with Crippen molar-refractivity contribution >= 4 is 50.9 Å². The fourth-order valence-electron chi connectivity index (χ4n) is 2.34. The quantitative estimate of drug-likeness (QED) is 0.409. The number of nitrogen functional groups attached to an aromatic ring is 1. The molecule has 28 heavy (non-hydrogen) atoms. The number of hydrogen-bond donors (Lipinski definition) is 2. The third-order valence-electron chi connectivity index (χ3n) is 3.71. The van der Waals surface area contributed by atoms with Crippen LogP contribution in [0.3, 0.4) is 0 Å². The molecule has 142 valence electrons. The largest absolute Gasteiger partial charge is 0.335 e. The van der Waals surface area contributed by atoms with Gasteiger partial charge in [-0.05, 0) is 30.3 Å². The zero-order valence-corrected chi connectivity index (χ0v) is 17.6. The van der Waals surface area contributed by atoms with Crippen LogP contribution in [0.5, 0.6) is 0 Å². The van der Waals surface area contributed by atoms with Gasteiger partial charge in [0.15, 0.2) is 5.82 Å². The molecule has 10 heteroatoms. The summed E-state index contributed by atoms with van der Waals surface area (Å²) >= 11 is 10.8. The summed E-state index contributed by atoms with van der Waals surface area (Å²) in [5.74, 6) is 6.93. The maximum Gasteiger partial charge on any atom is 0.225 e. The van der Waals surface area contributed by atoms with Crippen LogP contribution in [0.2, 0.25) is 5.02 Å². The van der Waals surface area contributed by atoms with Crippen molar-refractivity contribution in [3.8, 4) is 17.5 Å². The van der Waals surface area contributed by atoms with E-state index in [1.54, 1.807) is 18.2 Å². The average molecular weight is 478 g/mol. The molecular weight excluding hydrogens is 464 g/mol. The summed E-state index contributed by atoms with van der Waals surface area (Å²) in [6, 6.07) is 14.3. The Labute approximate surface area is 179 Å². The molecule has 0 aliphatic rings. The first-order valence-corrected chi connectivity index (χ1v) is 10.2. The number of amides is 1. The molecule has 0 unspecified atom stereocenters. The molecule has 1 amide bonds. The van der Waals surface area contributed by atoms with Gasteiger partial charge in [0.05, 0.1) is 10.6 Å². The molecular formula is C18H14BrClN6OS. The van der Waals surface area contributed by atoms with Crippen molar-refractivity contribution in [2.75, 3.05) is 16.9 Å². The lowest BCUT2D eigenvalue weighted by Gasteiger charge is -2.07. The van der Waals surface area contributed by atoms with Gasteiger partial charge in [0.1, 0.15) is 6.07 Å². The van der Waals surface area contributed by atoms with Crippen molar-refractivity contribution in [1.29, 1.82) is 5.26 Å². The number of nitrogens with zero attached hydrogens (tertiary/aromatic N) is 4. The van der Waals surface area contributed by atoms with Gasteiger partial charge in [-0.2, -0.15) is 5.26 Å². The molecule has 1 aromatic heterocycles. The zero-order chi connectivity index (χ0) is 20.1. The molecule has 0 saturated heterocycles. The number of benzene rings is 2. The summed E-state index contributed by atoms with van der Waals surface area (Å²) in [7, 11) is 0. The molecule has 3 aromatic rings. The van der Waals surface area contributed by atoms with Crippen molar-refractivity contribution in [3.05, 3.63) is 57.5 Å². The van der Waals surface area contributed by atoms with E-state index in [-0.39, 0.29) is 12.3 Å². The predicted molar refractivity (Wildman–Crippen MR) is 113 cm³/mol. The van der Waals surface area contributed by atoms with E-state index in [2.05, 4.69) is 31.4 Å². The van der Waals surface area contributed by atoms with Crippen LogP contribution in [-0.4, -0.2) is 26.5 Å². The minimum absolute atomic E-state index is 0.178. The van der Waals surface area contributed by atoms with Crippen molar-refractivity contribution in [1.82, 2.24) is 14.9 Å². The highest BCUT2D eigenvalue weighted by Crippen LogP contribution is 2.28. The van der Waals surface area contributed by atoms with Gasteiger partial charge in [-0.15, -0.1) is 10.2 Å². The van der Waals surface area contributed by atoms with E-state index in [9.17, 15) is 4.79 Å². The lowest BCUT2D eigenvalue weighted by molar-refractivity contribution is -0.115. The van der Waals surface area contributed by atoms with E-state index < -0.39 is 0 Å². The van der Waals surface area contributed by atoms with Crippen LogP contribution in [0, 0.1) is 11.3 Å². The molecule has 0 saturated carbocycles. The van der Waals surface area contributed by atoms with Crippen molar-refractivity contribution in [2.45, 2.75) is 11.6 Å². The fraction of sp³-hybridized carbons (Fsp3) is 0.111. The van der Waals surface area contributed by atoms with E-state index in [4.69, 9.17) is 22.7 Å². The second kappa shape index (κ2) is 9.10. The lowest BCUT2D eigenvalue weighted by Crippen LogP contribution is -2.14. The standard InChI is InChI=1S/C18H14BrClN6OS/c19-14-4-2-1-3-13(14)17-24-25-18(26(17)22)28-8-7-16(27)23-12-6-5-11(10-21)15(20)9-12/h1-6,9H,7-8,22H2,(H,23,27). The first-order chi connectivity index (χ1) is 13.5. The van der Waals surface area contributed by atoms with Gasteiger partial charge in [-0.25, -0.2) is 4.68 Å². The molecule has 7 nitrogen and oxygen atoms in total. The number of hydrogen-bond acceptors (Lipinski definition) is 6. The molecule has 0 bridgehead atoms. The summed E-state index contributed by atoms with van der Waals surface area (Å²) in [5.41, 5.74) is 1.73. The summed E-state index contributed by atoms with van der Waals surface area (Å²) in [4.78, 5) is 12.1. The Balaban J connectivity index is 1.57. The van der Waals surface area contributed by atoms with Crippen LogP contribution < -0.4 is 11.2 Å². The normalized spacial score (nSPS) is 10.5. The SMILES string of the molecule is N#Cc1ccc(NC(=O)CCSc2nnc(-c3ccccc3Br)n2N)cc1Cl. The van der Waals surface area contributed by atoms with Gasteiger partial charge in [-0.1, -0.05) is 51.4 Å². The van der Waals surface area contributed by atoms with Crippen LogP contribution in [0.15, 0.2) is 52.1 Å². The van der Waals surface area contributed by atoms with Gasteiger partial charge in [0.2, 0.25) is 11.1 Å². The van der Waals surface area contributed by atoms with Gasteiger partial charge >= 0.3 is 0 Å². The number of nitriles is 1. The molecule has 0 aliphatic heterocycles. The Kier molecular flexibility index (Phi) is 6.57. The van der Waals surface area contributed by atoms with E-state index in [1.807, 2.05) is 30.3 Å². The predicted octanol–water partition coefficient (Wildman–Crippen LogP) is 4.07. The van der Waals surface area contributed by atoms with Crippen LogP contribution in [0.4, 0.5) is 5.69 Å². The summed E-state index contributed by atoms with van der Waals surface area (Å²) in [6.07, 6.45) is 0.250. The number of thioether (sulfide) groups is 1. The Hall–Kier alpha value is -2.54. The number of aromatic nitrogens is 3. The highest BCUT2D eigenvalue weighted by atomic mass is 79.9. The number of halogens is 2. The number of anilines is 1. The van der Waals surface area contributed by atoms with Gasteiger partial charge in [0.25, 0.3) is 0 Å². The van der Waals surface area contributed by atoms with E-state index in [0.717, 1.165) is 10.0 Å². The maximum absolute atomic E-state index is 12.1. The van der Waals surface area contributed by atoms with Crippen molar-refractivity contribution in [3.63, 3.8) is 0 Å². The molecule has 0 spiro atoms. The summed E-state index contributed by atoms with van der Waals surface area (Å²) in [6.45, 7) is 0. The first kappa shape index (κ1) is 20.2. The fourth-order valence-corrected chi connectivity index (χ4v) is 3.82.